The number of carbonyl (C=O) groups is 1. The second-order valence-corrected chi connectivity index (χ2v) is 13.1. The fourth-order valence-corrected chi connectivity index (χ4v) is 6.96. The molecule has 0 spiro atoms. The molecular weight excluding hydrogens is 623 g/mol. The molecule has 3 heterocycles. The van der Waals surface area contributed by atoms with Crippen LogP contribution in [0.2, 0.25) is 15.1 Å². The molecule has 11 heteroatoms. The maximum Gasteiger partial charge on any atom is 0.357 e. The Bertz CT molecular complexity index is 1920. The van der Waals surface area contributed by atoms with Crippen LogP contribution in [0.3, 0.4) is 0 Å². The first-order chi connectivity index (χ1) is 21.4. The topological polar surface area (TPSA) is 93.6 Å². The van der Waals surface area contributed by atoms with E-state index < -0.39 is 5.97 Å². The van der Waals surface area contributed by atoms with Gasteiger partial charge in [-0.2, -0.15) is 5.10 Å². The van der Waals surface area contributed by atoms with Crippen molar-refractivity contribution in [2.75, 3.05) is 18.0 Å². The van der Waals surface area contributed by atoms with E-state index in [0.29, 0.717) is 49.4 Å². The van der Waals surface area contributed by atoms with E-state index in [-0.39, 0.29) is 18.2 Å². The molecule has 0 radical (unpaired) electrons. The lowest BCUT2D eigenvalue weighted by molar-refractivity contribution is 0.0691. The number of nitrogens with zero attached hydrogens (tertiary/aromatic N) is 4. The number of carboxylic acids is 1. The van der Waals surface area contributed by atoms with Gasteiger partial charge in [-0.05, 0) is 67.6 Å². The van der Waals surface area contributed by atoms with Crippen molar-refractivity contribution >= 4 is 57.4 Å². The van der Waals surface area contributed by atoms with Gasteiger partial charge in [-0.25, -0.2) is 4.79 Å². The number of rotatable bonds is 9. The Morgan fingerprint density at radius 2 is 1.73 bits per heavy atom. The summed E-state index contributed by atoms with van der Waals surface area (Å²) in [7, 11) is 0. The van der Waals surface area contributed by atoms with Gasteiger partial charge >= 0.3 is 5.97 Å². The van der Waals surface area contributed by atoms with Crippen molar-refractivity contribution in [3.05, 3.63) is 92.2 Å². The minimum absolute atomic E-state index is 0.126. The number of benzene rings is 3. The zero-order valence-corrected chi connectivity index (χ0v) is 25.7. The molecule has 0 atom stereocenters. The van der Waals surface area contributed by atoms with Gasteiger partial charge in [0.15, 0.2) is 5.69 Å². The van der Waals surface area contributed by atoms with Crippen LogP contribution in [0.5, 0.6) is 5.75 Å². The predicted molar refractivity (Wildman–Crippen MR) is 170 cm³/mol. The van der Waals surface area contributed by atoms with Crippen molar-refractivity contribution in [2.24, 2.45) is 0 Å². The Balaban J connectivity index is 0.976. The zero-order valence-electron chi connectivity index (χ0n) is 23.5. The number of halogens is 3. The third-order valence-electron chi connectivity index (χ3n) is 8.79. The van der Waals surface area contributed by atoms with Gasteiger partial charge in [0, 0.05) is 41.9 Å². The molecule has 5 aromatic rings. The largest absolute Gasteiger partial charge is 0.489 e. The molecule has 0 amide bonds. The van der Waals surface area contributed by atoms with Crippen molar-refractivity contribution in [2.45, 2.75) is 50.2 Å². The average molecular weight is 650 g/mol. The highest BCUT2D eigenvalue weighted by Gasteiger charge is 2.35. The predicted octanol–water partition coefficient (Wildman–Crippen LogP) is 8.74. The lowest BCUT2D eigenvalue weighted by Crippen LogP contribution is -2.45. The van der Waals surface area contributed by atoms with Gasteiger partial charge in [-0.3, -0.25) is 4.68 Å². The summed E-state index contributed by atoms with van der Waals surface area (Å²) >= 11 is 19.8. The average Bonchev–Trinajstić information content (AvgIpc) is 3.92. The maximum atomic E-state index is 11.9. The number of anilines is 1. The van der Waals surface area contributed by atoms with Crippen LogP contribution < -0.4 is 9.64 Å². The number of ether oxygens (including phenoxy) is 1. The van der Waals surface area contributed by atoms with Crippen molar-refractivity contribution in [1.29, 1.82) is 0 Å². The summed E-state index contributed by atoms with van der Waals surface area (Å²) in [6.07, 6.45) is 4.18. The summed E-state index contributed by atoms with van der Waals surface area (Å²) in [5.74, 6) is 1.05. The molecule has 2 saturated carbocycles. The van der Waals surface area contributed by atoms with Crippen LogP contribution in [-0.2, 0) is 6.61 Å². The first kappa shape index (κ1) is 27.8. The molecule has 1 N–H and O–H groups in total. The summed E-state index contributed by atoms with van der Waals surface area (Å²) in [6.45, 7) is 1.79. The van der Waals surface area contributed by atoms with Crippen LogP contribution in [0, 0.1) is 0 Å². The first-order valence-electron chi connectivity index (χ1n) is 14.7. The molecule has 1 saturated heterocycles. The Morgan fingerprint density at radius 3 is 2.41 bits per heavy atom. The SMILES string of the molecule is O=C(O)c1nn(C2CC2)c2ccc(C3CN(c4ccc(OCc5c(-c6c(Cl)cccc6Cl)noc5C5CC5)cc4Cl)C3)cc12. The standard InChI is InChI=1S/C33H27Cl3N4O4/c34-24-2-1-3-25(35)29(24)30-23(32(44-38-30)17-4-5-17)16-43-21-9-11-28(26(36)13-21)39-14-19(15-39)18-6-10-27-22(12-18)31(33(41)42)37-40(27)20-7-8-20/h1-3,6,9-13,17,19-20H,4-5,7-8,14-16H2,(H,41,42). The number of hydrogen-bond acceptors (Lipinski definition) is 6. The van der Waals surface area contributed by atoms with E-state index in [1.807, 2.05) is 35.0 Å². The summed E-state index contributed by atoms with van der Waals surface area (Å²) in [6, 6.07) is 17.5. The third kappa shape index (κ3) is 4.89. The highest BCUT2D eigenvalue weighted by Crippen LogP contribution is 2.46. The second kappa shape index (κ2) is 10.7. The smallest absolute Gasteiger partial charge is 0.357 e. The van der Waals surface area contributed by atoms with Gasteiger partial charge in [-0.15, -0.1) is 0 Å². The quantitative estimate of drug-likeness (QED) is 0.171. The lowest BCUT2D eigenvalue weighted by Gasteiger charge is -2.42. The fraction of sp³-hybridized carbons (Fsp3) is 0.303. The Kier molecular flexibility index (Phi) is 6.77. The van der Waals surface area contributed by atoms with Crippen LogP contribution >= 0.6 is 34.8 Å². The molecule has 3 fully saturated rings. The molecule has 0 bridgehead atoms. The summed E-state index contributed by atoms with van der Waals surface area (Å²) in [4.78, 5) is 14.1. The van der Waals surface area contributed by atoms with Gasteiger partial charge < -0.3 is 19.3 Å². The molecule has 3 aromatic carbocycles. The molecule has 0 unspecified atom stereocenters. The molecule has 44 heavy (non-hydrogen) atoms. The molecule has 2 aromatic heterocycles. The fourth-order valence-electron chi connectivity index (χ4n) is 6.09. The molecule has 1 aliphatic heterocycles. The molecule has 8 nitrogen and oxygen atoms in total. The van der Waals surface area contributed by atoms with Crippen LogP contribution in [-0.4, -0.2) is 39.1 Å². The molecular formula is C33H27Cl3N4O4. The Hall–Kier alpha value is -3.72. The van der Waals surface area contributed by atoms with Crippen LogP contribution in [0.25, 0.3) is 22.2 Å². The van der Waals surface area contributed by atoms with E-state index in [0.717, 1.165) is 66.9 Å². The lowest BCUT2D eigenvalue weighted by atomic mass is 9.90. The van der Waals surface area contributed by atoms with Crippen LogP contribution in [0.4, 0.5) is 5.69 Å². The summed E-state index contributed by atoms with van der Waals surface area (Å²) < 4.78 is 13.9. The summed E-state index contributed by atoms with van der Waals surface area (Å²) in [5.41, 5.74) is 5.14. The molecule has 2 aliphatic carbocycles. The van der Waals surface area contributed by atoms with Crippen molar-refractivity contribution in [3.63, 3.8) is 0 Å². The van der Waals surface area contributed by atoms with Gasteiger partial charge in [0.25, 0.3) is 0 Å². The zero-order chi connectivity index (χ0) is 30.1. The van der Waals surface area contributed by atoms with Crippen LogP contribution in [0.15, 0.2) is 59.1 Å². The van der Waals surface area contributed by atoms with Crippen molar-refractivity contribution < 1.29 is 19.2 Å². The van der Waals surface area contributed by atoms with E-state index in [1.165, 1.54) is 0 Å². The van der Waals surface area contributed by atoms with E-state index in [4.69, 9.17) is 44.1 Å². The van der Waals surface area contributed by atoms with Crippen molar-refractivity contribution in [1.82, 2.24) is 14.9 Å². The van der Waals surface area contributed by atoms with E-state index in [9.17, 15) is 9.90 Å². The highest BCUT2D eigenvalue weighted by atomic mass is 35.5. The van der Waals surface area contributed by atoms with E-state index >= 15 is 0 Å². The van der Waals surface area contributed by atoms with Gasteiger partial charge in [0.05, 0.1) is 37.9 Å². The minimum atomic E-state index is -0.993. The van der Waals surface area contributed by atoms with Gasteiger partial charge in [0.1, 0.15) is 23.8 Å². The number of aromatic nitrogens is 3. The first-order valence-corrected chi connectivity index (χ1v) is 15.8. The number of hydrogen-bond donors (Lipinski definition) is 1. The van der Waals surface area contributed by atoms with Gasteiger partial charge in [0.2, 0.25) is 0 Å². The Morgan fingerprint density at radius 1 is 0.955 bits per heavy atom. The van der Waals surface area contributed by atoms with Crippen molar-refractivity contribution in [3.8, 4) is 17.0 Å². The normalized spacial score (nSPS) is 16.8. The number of carboxylic acid groups (broad SMARTS) is 1. The van der Waals surface area contributed by atoms with Gasteiger partial charge in [-0.1, -0.05) is 52.1 Å². The summed E-state index contributed by atoms with van der Waals surface area (Å²) in [5, 5.41) is 20.8. The second-order valence-electron chi connectivity index (χ2n) is 11.9. The minimum Gasteiger partial charge on any atom is -0.489 e. The van der Waals surface area contributed by atoms with E-state index in [2.05, 4.69) is 21.2 Å². The van der Waals surface area contributed by atoms with E-state index in [1.54, 1.807) is 18.2 Å². The maximum absolute atomic E-state index is 11.9. The number of aromatic carboxylic acids is 1. The molecule has 224 valence electrons. The monoisotopic (exact) mass is 648 g/mol. The highest BCUT2D eigenvalue weighted by molar-refractivity contribution is 6.39. The third-order valence-corrected chi connectivity index (χ3v) is 9.72. The van der Waals surface area contributed by atoms with Crippen LogP contribution in [0.1, 0.15) is 70.9 Å². The Labute approximate surface area is 268 Å². The molecule has 3 aliphatic rings. The molecule has 8 rings (SSSR count). The number of fused-ring (bicyclic) bond motifs is 1.